The van der Waals surface area contributed by atoms with Crippen LogP contribution in [0.3, 0.4) is 0 Å². The number of aliphatic hydroxyl groups is 1. The summed E-state index contributed by atoms with van der Waals surface area (Å²) in [7, 11) is -3.62. The van der Waals surface area contributed by atoms with Gasteiger partial charge in [-0.15, -0.1) is 0 Å². The largest absolute Gasteiger partial charge is 0.399 e. The number of rotatable bonds is 6. The highest BCUT2D eigenvalue weighted by molar-refractivity contribution is 7.89. The van der Waals surface area contributed by atoms with Gasteiger partial charge in [0, 0.05) is 12.2 Å². The zero-order valence-corrected chi connectivity index (χ0v) is 11.5. The Balaban J connectivity index is 2.78. The highest BCUT2D eigenvalue weighted by atomic mass is 32.2. The molecule has 1 aromatic carbocycles. The third kappa shape index (κ3) is 4.29. The second kappa shape index (κ2) is 5.69. The van der Waals surface area contributed by atoms with Gasteiger partial charge in [-0.3, -0.25) is 0 Å². The predicted molar refractivity (Wildman–Crippen MR) is 71.6 cm³/mol. The molecule has 0 aliphatic rings. The summed E-state index contributed by atoms with van der Waals surface area (Å²) in [6.45, 7) is 3.53. The second-order valence-corrected chi connectivity index (χ2v) is 6.41. The Labute approximate surface area is 108 Å². The van der Waals surface area contributed by atoms with E-state index in [0.29, 0.717) is 12.1 Å². The van der Waals surface area contributed by atoms with E-state index in [1.807, 2.05) is 6.92 Å². The average molecular weight is 272 g/mol. The molecule has 1 unspecified atom stereocenters. The lowest BCUT2D eigenvalue weighted by molar-refractivity contribution is 0.0554. The molecule has 1 atom stereocenters. The van der Waals surface area contributed by atoms with Crippen LogP contribution in [0.4, 0.5) is 5.69 Å². The van der Waals surface area contributed by atoms with Gasteiger partial charge in [-0.05, 0) is 31.5 Å². The number of benzene rings is 1. The Bertz CT molecular complexity index is 498. The summed E-state index contributed by atoms with van der Waals surface area (Å²) in [6.07, 6.45) is 1.32. The van der Waals surface area contributed by atoms with Crippen molar-refractivity contribution >= 4 is 15.7 Å². The molecular formula is C12H20N2O3S. The lowest BCUT2D eigenvalue weighted by Crippen LogP contribution is -2.40. The normalized spacial score (nSPS) is 15.3. The summed E-state index contributed by atoms with van der Waals surface area (Å²) in [4.78, 5) is 0.106. The van der Waals surface area contributed by atoms with Crippen LogP contribution in [0.1, 0.15) is 26.7 Å². The lowest BCUT2D eigenvalue weighted by atomic mass is 10.0. The van der Waals surface area contributed by atoms with Crippen molar-refractivity contribution in [2.24, 2.45) is 0 Å². The maximum Gasteiger partial charge on any atom is 0.240 e. The molecule has 0 amide bonds. The molecule has 102 valence electrons. The molecular weight excluding hydrogens is 252 g/mol. The number of nitrogen functional groups attached to an aromatic ring is 1. The van der Waals surface area contributed by atoms with Crippen LogP contribution in [0.2, 0.25) is 0 Å². The van der Waals surface area contributed by atoms with Crippen molar-refractivity contribution in [3.63, 3.8) is 0 Å². The van der Waals surface area contributed by atoms with Crippen molar-refractivity contribution < 1.29 is 13.5 Å². The minimum atomic E-state index is -3.62. The predicted octanol–water partition coefficient (Wildman–Crippen LogP) is 1.10. The summed E-state index contributed by atoms with van der Waals surface area (Å²) < 4.78 is 26.3. The van der Waals surface area contributed by atoms with E-state index in [-0.39, 0.29) is 11.4 Å². The standard InChI is InChI=1S/C12H20N2O3S/c1-3-7-12(2,15)9-14-18(16,17)11-6-4-5-10(13)8-11/h4-6,8,14-15H,3,7,9,13H2,1-2H3. The van der Waals surface area contributed by atoms with E-state index in [1.54, 1.807) is 19.1 Å². The smallest absolute Gasteiger partial charge is 0.240 e. The molecule has 0 aliphatic carbocycles. The van der Waals surface area contributed by atoms with Crippen LogP contribution in [0.15, 0.2) is 29.2 Å². The summed E-state index contributed by atoms with van der Waals surface area (Å²) in [5.41, 5.74) is 4.89. The van der Waals surface area contributed by atoms with E-state index >= 15 is 0 Å². The molecule has 5 nitrogen and oxygen atoms in total. The quantitative estimate of drug-likeness (QED) is 0.676. The molecule has 0 saturated carbocycles. The minimum absolute atomic E-state index is 0.0159. The fourth-order valence-electron chi connectivity index (χ4n) is 1.64. The zero-order chi connectivity index (χ0) is 13.8. The van der Waals surface area contributed by atoms with Crippen molar-refractivity contribution in [2.75, 3.05) is 12.3 Å². The monoisotopic (exact) mass is 272 g/mol. The average Bonchev–Trinajstić information content (AvgIpc) is 2.27. The van der Waals surface area contributed by atoms with E-state index in [0.717, 1.165) is 6.42 Å². The van der Waals surface area contributed by atoms with Gasteiger partial charge in [-0.25, -0.2) is 13.1 Å². The number of hydrogen-bond acceptors (Lipinski definition) is 4. The van der Waals surface area contributed by atoms with Crippen molar-refractivity contribution in [3.8, 4) is 0 Å². The summed E-state index contributed by atoms with van der Waals surface area (Å²) in [5, 5.41) is 9.93. The Morgan fingerprint density at radius 3 is 2.67 bits per heavy atom. The summed E-state index contributed by atoms with van der Waals surface area (Å²) in [6, 6.07) is 6.05. The highest BCUT2D eigenvalue weighted by Gasteiger charge is 2.23. The fourth-order valence-corrected chi connectivity index (χ4v) is 2.86. The molecule has 0 spiro atoms. The molecule has 0 saturated heterocycles. The molecule has 18 heavy (non-hydrogen) atoms. The van der Waals surface area contributed by atoms with E-state index in [9.17, 15) is 13.5 Å². The lowest BCUT2D eigenvalue weighted by Gasteiger charge is -2.22. The van der Waals surface area contributed by atoms with Gasteiger partial charge in [0.15, 0.2) is 0 Å². The van der Waals surface area contributed by atoms with Crippen molar-refractivity contribution in [1.82, 2.24) is 4.72 Å². The molecule has 0 heterocycles. The molecule has 0 fully saturated rings. The van der Waals surface area contributed by atoms with Crippen molar-refractivity contribution in [2.45, 2.75) is 37.2 Å². The van der Waals surface area contributed by atoms with Crippen molar-refractivity contribution in [3.05, 3.63) is 24.3 Å². The molecule has 6 heteroatoms. The maximum atomic E-state index is 12.0. The molecule has 1 rings (SSSR count). The number of anilines is 1. The Morgan fingerprint density at radius 1 is 1.44 bits per heavy atom. The number of sulfonamides is 1. The van der Waals surface area contributed by atoms with Crippen LogP contribution >= 0.6 is 0 Å². The highest BCUT2D eigenvalue weighted by Crippen LogP contribution is 2.15. The van der Waals surface area contributed by atoms with Gasteiger partial charge < -0.3 is 10.8 Å². The van der Waals surface area contributed by atoms with Crippen LogP contribution in [0, 0.1) is 0 Å². The number of nitrogens with one attached hydrogen (secondary N) is 1. The Hall–Kier alpha value is -1.11. The van der Waals surface area contributed by atoms with Gasteiger partial charge in [0.2, 0.25) is 10.0 Å². The van der Waals surface area contributed by atoms with Gasteiger partial charge in [-0.1, -0.05) is 19.4 Å². The maximum absolute atomic E-state index is 12.0. The van der Waals surface area contributed by atoms with Crippen LogP contribution in [0.25, 0.3) is 0 Å². The topological polar surface area (TPSA) is 92.4 Å². The third-order valence-electron chi connectivity index (χ3n) is 2.60. The number of hydrogen-bond donors (Lipinski definition) is 3. The van der Waals surface area contributed by atoms with E-state index < -0.39 is 15.6 Å². The van der Waals surface area contributed by atoms with E-state index in [4.69, 9.17) is 5.73 Å². The van der Waals surface area contributed by atoms with Gasteiger partial charge in [0.25, 0.3) is 0 Å². The van der Waals surface area contributed by atoms with Gasteiger partial charge >= 0.3 is 0 Å². The van der Waals surface area contributed by atoms with Gasteiger partial charge in [0.05, 0.1) is 10.5 Å². The minimum Gasteiger partial charge on any atom is -0.399 e. The Morgan fingerprint density at radius 2 is 2.11 bits per heavy atom. The number of nitrogens with two attached hydrogens (primary N) is 1. The van der Waals surface area contributed by atoms with E-state index in [2.05, 4.69) is 4.72 Å². The second-order valence-electron chi connectivity index (χ2n) is 4.64. The Kier molecular flexibility index (Phi) is 4.72. The molecule has 0 bridgehead atoms. The summed E-state index contributed by atoms with van der Waals surface area (Å²) in [5.74, 6) is 0. The fraction of sp³-hybridized carbons (Fsp3) is 0.500. The van der Waals surface area contributed by atoms with Gasteiger partial charge in [0.1, 0.15) is 0 Å². The third-order valence-corrected chi connectivity index (χ3v) is 4.00. The summed E-state index contributed by atoms with van der Waals surface area (Å²) >= 11 is 0. The van der Waals surface area contributed by atoms with Crippen LogP contribution < -0.4 is 10.5 Å². The first-order valence-electron chi connectivity index (χ1n) is 5.84. The SMILES string of the molecule is CCCC(C)(O)CNS(=O)(=O)c1cccc(N)c1. The molecule has 1 aromatic rings. The first-order valence-corrected chi connectivity index (χ1v) is 7.33. The first-order chi connectivity index (χ1) is 8.27. The molecule has 0 aliphatic heterocycles. The van der Waals surface area contributed by atoms with Crippen LogP contribution in [0.5, 0.6) is 0 Å². The molecule has 0 radical (unpaired) electrons. The van der Waals surface area contributed by atoms with Crippen LogP contribution in [-0.4, -0.2) is 25.7 Å². The van der Waals surface area contributed by atoms with E-state index in [1.165, 1.54) is 12.1 Å². The van der Waals surface area contributed by atoms with Crippen LogP contribution in [-0.2, 0) is 10.0 Å². The molecule has 4 N–H and O–H groups in total. The zero-order valence-electron chi connectivity index (χ0n) is 10.7. The van der Waals surface area contributed by atoms with Gasteiger partial charge in [-0.2, -0.15) is 0 Å². The molecule has 0 aromatic heterocycles. The van der Waals surface area contributed by atoms with Crippen molar-refractivity contribution in [1.29, 1.82) is 0 Å². The first kappa shape index (κ1) is 14.9.